The average molecular weight is 843 g/mol. The Hall–Kier alpha value is -4.19. The third-order valence-corrected chi connectivity index (χ3v) is 9.44. The minimum absolute atomic E-state index is 0.132. The van der Waals surface area contributed by atoms with Crippen molar-refractivity contribution in [2.24, 2.45) is 0 Å². The number of hydrogen-bond acceptors (Lipinski definition) is 6. The smallest absolute Gasteiger partial charge is 0.306 e. The molecule has 342 valence electrons. The molecule has 0 amide bonds. The van der Waals surface area contributed by atoms with Gasteiger partial charge in [0, 0.05) is 19.3 Å². The van der Waals surface area contributed by atoms with Gasteiger partial charge in [-0.2, -0.15) is 0 Å². The number of allylic oxidation sites excluding steroid dienone is 20. The Morgan fingerprint density at radius 1 is 0.344 bits per heavy atom. The summed E-state index contributed by atoms with van der Waals surface area (Å²) in [4.78, 5) is 37.8. The molecule has 0 saturated heterocycles. The van der Waals surface area contributed by atoms with Crippen molar-refractivity contribution in [1.29, 1.82) is 0 Å². The Kier molecular flexibility index (Phi) is 45.1. The van der Waals surface area contributed by atoms with Crippen molar-refractivity contribution in [3.05, 3.63) is 122 Å². The Bertz CT molecular complexity index is 1340. The van der Waals surface area contributed by atoms with Gasteiger partial charge < -0.3 is 14.2 Å². The van der Waals surface area contributed by atoms with E-state index in [4.69, 9.17) is 14.2 Å². The van der Waals surface area contributed by atoms with Crippen LogP contribution in [0.25, 0.3) is 0 Å². The van der Waals surface area contributed by atoms with E-state index in [1.54, 1.807) is 0 Å². The zero-order valence-electron chi connectivity index (χ0n) is 38.9. The third kappa shape index (κ3) is 46.7. The van der Waals surface area contributed by atoms with Crippen molar-refractivity contribution in [3.8, 4) is 0 Å². The molecule has 0 aromatic rings. The molecule has 0 aliphatic rings. The first-order valence-electron chi connectivity index (χ1n) is 24.0. The predicted octanol–water partition coefficient (Wildman–Crippen LogP) is 15.7. The van der Waals surface area contributed by atoms with Gasteiger partial charge in [0.15, 0.2) is 6.10 Å². The van der Waals surface area contributed by atoms with E-state index in [9.17, 15) is 14.4 Å². The summed E-state index contributed by atoms with van der Waals surface area (Å²) in [7, 11) is 0. The Morgan fingerprint density at radius 2 is 0.689 bits per heavy atom. The molecule has 61 heavy (non-hydrogen) atoms. The molecule has 0 rings (SSSR count). The van der Waals surface area contributed by atoms with Crippen LogP contribution >= 0.6 is 0 Å². The number of ether oxygens (including phenoxy) is 3. The molecule has 6 nitrogen and oxygen atoms in total. The molecule has 0 aromatic carbocycles. The number of esters is 3. The summed E-state index contributed by atoms with van der Waals surface area (Å²) in [5.74, 6) is -1.10. The molecular weight excluding hydrogens is 757 g/mol. The van der Waals surface area contributed by atoms with Crippen molar-refractivity contribution >= 4 is 17.9 Å². The molecule has 0 aliphatic heterocycles. The van der Waals surface area contributed by atoms with E-state index in [-0.39, 0.29) is 38.0 Å². The van der Waals surface area contributed by atoms with Crippen molar-refractivity contribution in [2.45, 2.75) is 194 Å². The first-order chi connectivity index (χ1) is 30.0. The Labute approximate surface area is 373 Å². The van der Waals surface area contributed by atoms with E-state index < -0.39 is 12.1 Å². The zero-order valence-corrected chi connectivity index (χ0v) is 38.9. The van der Waals surface area contributed by atoms with E-state index in [0.717, 1.165) is 96.3 Å². The highest BCUT2D eigenvalue weighted by Crippen LogP contribution is 2.11. The van der Waals surface area contributed by atoms with Crippen LogP contribution in [-0.4, -0.2) is 37.2 Å². The molecule has 0 fully saturated rings. The van der Waals surface area contributed by atoms with Gasteiger partial charge in [-0.05, 0) is 109 Å². The fraction of sp³-hybridized carbons (Fsp3) is 0.582. The van der Waals surface area contributed by atoms with Gasteiger partial charge in [0.25, 0.3) is 0 Å². The molecule has 6 heteroatoms. The SMILES string of the molecule is CC/C=C\C/C=C\C/C=C\C/C=C\C/C=C\CCCC(=O)OCC(COC(=O)CCCCCCC/C=C\CCCCCC)OC(=O)CC/C=C\C/C=C\C/C=C\C/C=C\CC. The fourth-order valence-electron chi connectivity index (χ4n) is 5.90. The van der Waals surface area contributed by atoms with Gasteiger partial charge in [0.2, 0.25) is 0 Å². The van der Waals surface area contributed by atoms with Crippen LogP contribution in [0.15, 0.2) is 122 Å². The topological polar surface area (TPSA) is 78.9 Å². The fourth-order valence-corrected chi connectivity index (χ4v) is 5.90. The number of unbranched alkanes of at least 4 members (excludes halogenated alkanes) is 10. The summed E-state index contributed by atoms with van der Waals surface area (Å²) >= 11 is 0. The molecule has 1 unspecified atom stereocenters. The largest absolute Gasteiger partial charge is 0.462 e. The van der Waals surface area contributed by atoms with E-state index in [0.29, 0.717) is 19.3 Å². The minimum Gasteiger partial charge on any atom is -0.462 e. The minimum atomic E-state index is -0.844. The van der Waals surface area contributed by atoms with Crippen molar-refractivity contribution in [2.75, 3.05) is 13.2 Å². The second kappa shape index (κ2) is 48.5. The Balaban J connectivity index is 4.60. The third-order valence-electron chi connectivity index (χ3n) is 9.44. The van der Waals surface area contributed by atoms with Crippen LogP contribution in [0.3, 0.4) is 0 Å². The van der Waals surface area contributed by atoms with Crippen molar-refractivity contribution < 1.29 is 28.6 Å². The van der Waals surface area contributed by atoms with Gasteiger partial charge in [0.05, 0.1) is 0 Å². The number of hydrogen-bond donors (Lipinski definition) is 0. The van der Waals surface area contributed by atoms with Gasteiger partial charge >= 0.3 is 17.9 Å². The van der Waals surface area contributed by atoms with Crippen molar-refractivity contribution in [3.63, 3.8) is 0 Å². The van der Waals surface area contributed by atoms with Crippen LogP contribution in [-0.2, 0) is 28.6 Å². The molecular formula is C55H86O6. The van der Waals surface area contributed by atoms with Crippen LogP contribution < -0.4 is 0 Å². The zero-order chi connectivity index (χ0) is 44.4. The first kappa shape index (κ1) is 56.8. The number of carbonyl (C=O) groups excluding carboxylic acids is 3. The molecule has 0 spiro atoms. The molecule has 0 aliphatic carbocycles. The lowest BCUT2D eigenvalue weighted by Crippen LogP contribution is -2.30. The van der Waals surface area contributed by atoms with E-state index >= 15 is 0 Å². The van der Waals surface area contributed by atoms with Gasteiger partial charge in [-0.25, -0.2) is 0 Å². The highest BCUT2D eigenvalue weighted by atomic mass is 16.6. The second-order valence-electron chi connectivity index (χ2n) is 15.2. The standard InChI is InChI=1S/C55H86O6/c1-4-7-10-13-16-19-22-25-26-27-28-31-33-36-39-42-45-48-54(57)60-51-52(61-55(58)49-46-43-40-37-34-30-24-21-18-15-12-9-6-3)50-59-53(56)47-44-41-38-35-32-29-23-20-17-14-11-8-5-2/h7,9-10,12,16,18-21,23,25-26,28,30-31,34,36,39-40,43,52H,4-6,8,11,13-15,17,22,24,27,29,32-33,35,37-38,41-42,44-51H2,1-3H3/b10-7-,12-9-,19-16-,21-18-,23-20-,26-25-,31-28-,34-30-,39-36-,43-40-. The second-order valence-corrected chi connectivity index (χ2v) is 15.2. The quantitative estimate of drug-likeness (QED) is 0.0264. The lowest BCUT2D eigenvalue weighted by atomic mass is 10.1. The van der Waals surface area contributed by atoms with E-state index in [1.165, 1.54) is 38.5 Å². The van der Waals surface area contributed by atoms with Gasteiger partial charge in [-0.15, -0.1) is 0 Å². The van der Waals surface area contributed by atoms with Crippen LogP contribution in [0.2, 0.25) is 0 Å². The normalized spacial score (nSPS) is 13.2. The molecule has 0 N–H and O–H groups in total. The monoisotopic (exact) mass is 843 g/mol. The number of rotatable bonds is 41. The highest BCUT2D eigenvalue weighted by molar-refractivity contribution is 5.71. The van der Waals surface area contributed by atoms with Crippen LogP contribution in [0.4, 0.5) is 0 Å². The van der Waals surface area contributed by atoms with E-state index in [2.05, 4.69) is 130 Å². The Morgan fingerprint density at radius 3 is 1.15 bits per heavy atom. The first-order valence-corrected chi connectivity index (χ1v) is 24.0. The van der Waals surface area contributed by atoms with Gasteiger partial charge in [-0.1, -0.05) is 181 Å². The molecule has 0 radical (unpaired) electrons. The summed E-state index contributed by atoms with van der Waals surface area (Å²) in [6, 6.07) is 0. The summed E-state index contributed by atoms with van der Waals surface area (Å²) in [6.45, 7) is 6.24. The molecule has 0 aromatic heterocycles. The predicted molar refractivity (Wildman–Crippen MR) is 260 cm³/mol. The average Bonchev–Trinajstić information content (AvgIpc) is 3.26. The molecule has 0 saturated carbocycles. The van der Waals surface area contributed by atoms with Crippen LogP contribution in [0, 0.1) is 0 Å². The lowest BCUT2D eigenvalue weighted by molar-refractivity contribution is -0.166. The van der Waals surface area contributed by atoms with Crippen LogP contribution in [0.1, 0.15) is 188 Å². The maximum absolute atomic E-state index is 12.7. The highest BCUT2D eigenvalue weighted by Gasteiger charge is 2.19. The summed E-state index contributed by atoms with van der Waals surface area (Å²) in [6.07, 6.45) is 66.3. The van der Waals surface area contributed by atoms with Gasteiger partial charge in [0.1, 0.15) is 13.2 Å². The van der Waals surface area contributed by atoms with Crippen molar-refractivity contribution in [1.82, 2.24) is 0 Å². The number of carbonyl (C=O) groups is 3. The van der Waals surface area contributed by atoms with Gasteiger partial charge in [-0.3, -0.25) is 14.4 Å². The van der Waals surface area contributed by atoms with Crippen LogP contribution in [0.5, 0.6) is 0 Å². The maximum atomic E-state index is 12.7. The summed E-state index contributed by atoms with van der Waals surface area (Å²) < 4.78 is 16.6. The summed E-state index contributed by atoms with van der Waals surface area (Å²) in [5.41, 5.74) is 0. The summed E-state index contributed by atoms with van der Waals surface area (Å²) in [5, 5.41) is 0. The molecule has 0 heterocycles. The lowest BCUT2D eigenvalue weighted by Gasteiger charge is -2.18. The molecule has 1 atom stereocenters. The molecule has 0 bridgehead atoms. The van der Waals surface area contributed by atoms with E-state index in [1.807, 2.05) is 12.2 Å². The maximum Gasteiger partial charge on any atom is 0.306 e.